The maximum Gasteiger partial charge on any atom is 0.265 e. The lowest BCUT2D eigenvalue weighted by molar-refractivity contribution is -0.0679. The maximum atomic E-state index is 13.1. The smallest absolute Gasteiger partial charge is 0.265 e. The molecule has 0 bridgehead atoms. The van der Waals surface area contributed by atoms with E-state index in [2.05, 4.69) is 11.3 Å². The fourth-order valence-corrected chi connectivity index (χ4v) is 1.66. The van der Waals surface area contributed by atoms with Crippen molar-refractivity contribution in [1.82, 2.24) is 0 Å². The summed E-state index contributed by atoms with van der Waals surface area (Å²) in [5.74, 6) is -0.0160. The topological polar surface area (TPSA) is 9.23 Å². The van der Waals surface area contributed by atoms with Gasteiger partial charge < -0.3 is 4.74 Å². The monoisotopic (exact) mass is 194 g/mol. The molecule has 2 unspecified atom stereocenters. The van der Waals surface area contributed by atoms with Crippen LogP contribution in [0.4, 0.5) is 13.2 Å². The van der Waals surface area contributed by atoms with Gasteiger partial charge in [0.15, 0.2) is 6.10 Å². The van der Waals surface area contributed by atoms with Crippen LogP contribution in [0.5, 0.6) is 0 Å². The number of alkyl halides is 2. The van der Waals surface area contributed by atoms with Crippen LogP contribution in [-0.2, 0) is 4.74 Å². The molecule has 0 aliphatic heterocycles. The zero-order valence-electron chi connectivity index (χ0n) is 7.47. The highest BCUT2D eigenvalue weighted by Gasteiger charge is 2.38. The molecule has 1 fully saturated rings. The van der Waals surface area contributed by atoms with E-state index < -0.39 is 24.5 Å². The summed E-state index contributed by atoms with van der Waals surface area (Å²) in [5.41, 5.74) is 0. The summed E-state index contributed by atoms with van der Waals surface area (Å²) >= 11 is 0. The maximum absolute atomic E-state index is 13.1. The molecule has 0 N–H and O–H groups in total. The summed E-state index contributed by atoms with van der Waals surface area (Å²) in [6.45, 7) is 4.58. The molecule has 1 aliphatic rings. The predicted molar refractivity (Wildman–Crippen MR) is 43.3 cm³/mol. The van der Waals surface area contributed by atoms with E-state index in [0.29, 0.717) is 0 Å². The van der Waals surface area contributed by atoms with Crippen molar-refractivity contribution in [1.29, 1.82) is 0 Å². The van der Waals surface area contributed by atoms with Gasteiger partial charge in [-0.2, -0.15) is 4.39 Å². The van der Waals surface area contributed by atoms with E-state index in [0.717, 1.165) is 0 Å². The molecule has 0 radical (unpaired) electrons. The van der Waals surface area contributed by atoms with Gasteiger partial charge in [-0.05, 0) is 25.3 Å². The van der Waals surface area contributed by atoms with Crippen molar-refractivity contribution < 1.29 is 17.9 Å². The largest absolute Gasteiger partial charge is 0.462 e. The molecule has 0 aromatic rings. The molecule has 0 spiro atoms. The third kappa shape index (κ3) is 2.64. The fraction of sp³-hybridized carbons (Fsp3) is 0.778. The lowest BCUT2D eigenvalue weighted by atomic mass is 9.86. The number of hydrogen-bond donors (Lipinski definition) is 0. The van der Waals surface area contributed by atoms with E-state index in [1.165, 1.54) is 0 Å². The van der Waals surface area contributed by atoms with Crippen LogP contribution in [-0.4, -0.2) is 18.4 Å². The van der Waals surface area contributed by atoms with Crippen LogP contribution in [0.2, 0.25) is 0 Å². The van der Waals surface area contributed by atoms with E-state index >= 15 is 0 Å². The molecule has 76 valence electrons. The predicted octanol–water partition coefficient (Wildman–Crippen LogP) is 2.92. The molecule has 1 nitrogen and oxygen atoms in total. The minimum absolute atomic E-state index is 0.0160. The van der Waals surface area contributed by atoms with Crippen LogP contribution in [0.25, 0.3) is 0 Å². The molecule has 4 heteroatoms. The van der Waals surface area contributed by atoms with Gasteiger partial charge in [-0.1, -0.05) is 6.92 Å². The van der Waals surface area contributed by atoms with Gasteiger partial charge in [0.2, 0.25) is 0 Å². The first-order chi connectivity index (χ1) is 6.00. The second-order valence-electron chi connectivity index (χ2n) is 3.55. The Bertz CT molecular complexity index is 183. The molecule has 1 saturated carbocycles. The standard InChI is InChI=1S/C9H13F3O/c1-5-3-7(11)9(8(12)4-5)13-6(2)10/h5,7-9H,2-4H2,1H3. The molecule has 1 aliphatic carbocycles. The number of ether oxygens (including phenoxy) is 1. The van der Waals surface area contributed by atoms with Gasteiger partial charge in [0, 0.05) is 0 Å². The van der Waals surface area contributed by atoms with Crippen molar-refractivity contribution >= 4 is 0 Å². The zero-order chi connectivity index (χ0) is 10.0. The Hall–Kier alpha value is -0.670. The van der Waals surface area contributed by atoms with Crippen molar-refractivity contribution in [3.63, 3.8) is 0 Å². The average Bonchev–Trinajstić information content (AvgIpc) is 1.96. The molecule has 13 heavy (non-hydrogen) atoms. The third-order valence-corrected chi connectivity index (χ3v) is 2.23. The quantitative estimate of drug-likeness (QED) is 0.614. The van der Waals surface area contributed by atoms with Crippen molar-refractivity contribution in [2.45, 2.75) is 38.2 Å². The molecule has 0 amide bonds. The number of rotatable bonds is 2. The minimum atomic E-state index is -1.44. The highest BCUT2D eigenvalue weighted by atomic mass is 19.2. The molecule has 0 saturated heterocycles. The Morgan fingerprint density at radius 3 is 2.15 bits per heavy atom. The van der Waals surface area contributed by atoms with Crippen LogP contribution in [0.3, 0.4) is 0 Å². The summed E-state index contributed by atoms with van der Waals surface area (Å²) < 4.78 is 42.8. The van der Waals surface area contributed by atoms with E-state index in [1.807, 2.05) is 0 Å². The molecule has 0 aromatic heterocycles. The van der Waals surface area contributed by atoms with Crippen LogP contribution in [0.15, 0.2) is 12.6 Å². The van der Waals surface area contributed by atoms with Crippen LogP contribution < -0.4 is 0 Å². The summed E-state index contributed by atoms with van der Waals surface area (Å²) in [6.07, 6.45) is -3.75. The van der Waals surface area contributed by atoms with Gasteiger partial charge in [-0.3, -0.25) is 0 Å². The molecule has 0 heterocycles. The zero-order valence-corrected chi connectivity index (χ0v) is 7.47. The SMILES string of the molecule is C=C(F)OC1C(F)CC(C)CC1F. The van der Waals surface area contributed by atoms with Gasteiger partial charge in [0.25, 0.3) is 6.01 Å². The highest BCUT2D eigenvalue weighted by molar-refractivity contribution is 4.88. The summed E-state index contributed by atoms with van der Waals surface area (Å²) in [6, 6.07) is -1.12. The number of hydrogen-bond acceptors (Lipinski definition) is 1. The first kappa shape index (κ1) is 10.4. The number of halogens is 3. The van der Waals surface area contributed by atoms with E-state index in [1.54, 1.807) is 6.92 Å². The van der Waals surface area contributed by atoms with Crippen LogP contribution in [0, 0.1) is 5.92 Å². The van der Waals surface area contributed by atoms with Gasteiger partial charge in [0.1, 0.15) is 12.3 Å². The fourth-order valence-electron chi connectivity index (χ4n) is 1.66. The van der Waals surface area contributed by atoms with Gasteiger partial charge in [-0.15, -0.1) is 0 Å². The Labute approximate surface area is 75.6 Å². The normalized spacial score (nSPS) is 40.0. The Morgan fingerprint density at radius 1 is 1.31 bits per heavy atom. The molecule has 2 atom stereocenters. The molecular formula is C9H13F3O. The lowest BCUT2D eigenvalue weighted by Gasteiger charge is -2.32. The summed E-state index contributed by atoms with van der Waals surface area (Å²) in [5, 5.41) is 0. The lowest BCUT2D eigenvalue weighted by Crippen LogP contribution is -2.41. The van der Waals surface area contributed by atoms with Crippen molar-refractivity contribution in [3.8, 4) is 0 Å². The van der Waals surface area contributed by atoms with Gasteiger partial charge in [-0.25, -0.2) is 8.78 Å². The van der Waals surface area contributed by atoms with E-state index in [-0.39, 0.29) is 18.8 Å². The molecular weight excluding hydrogens is 181 g/mol. The minimum Gasteiger partial charge on any atom is -0.462 e. The van der Waals surface area contributed by atoms with Crippen molar-refractivity contribution in [2.24, 2.45) is 5.92 Å². The summed E-state index contributed by atoms with van der Waals surface area (Å²) in [7, 11) is 0. The van der Waals surface area contributed by atoms with E-state index in [4.69, 9.17) is 0 Å². The van der Waals surface area contributed by atoms with Crippen LogP contribution in [0.1, 0.15) is 19.8 Å². The first-order valence-electron chi connectivity index (χ1n) is 4.30. The highest BCUT2D eigenvalue weighted by Crippen LogP contribution is 2.31. The van der Waals surface area contributed by atoms with Gasteiger partial charge >= 0.3 is 0 Å². The Kier molecular flexibility index (Phi) is 3.22. The molecule has 1 rings (SSSR count). The van der Waals surface area contributed by atoms with Gasteiger partial charge in [0.05, 0.1) is 0 Å². The third-order valence-electron chi connectivity index (χ3n) is 2.23. The van der Waals surface area contributed by atoms with Crippen molar-refractivity contribution in [2.75, 3.05) is 0 Å². The van der Waals surface area contributed by atoms with Crippen molar-refractivity contribution in [3.05, 3.63) is 12.6 Å². The summed E-state index contributed by atoms with van der Waals surface area (Å²) in [4.78, 5) is 0. The second-order valence-corrected chi connectivity index (χ2v) is 3.55. The first-order valence-corrected chi connectivity index (χ1v) is 4.30. The van der Waals surface area contributed by atoms with E-state index in [9.17, 15) is 13.2 Å². The average molecular weight is 194 g/mol. The Balaban J connectivity index is 2.56. The second kappa shape index (κ2) is 4.03. The molecule has 0 aromatic carbocycles. The van der Waals surface area contributed by atoms with Crippen LogP contribution >= 0.6 is 0 Å². The Morgan fingerprint density at radius 2 is 1.77 bits per heavy atom.